The highest BCUT2D eigenvalue weighted by Crippen LogP contribution is 2.25. The number of aryl methyl sites for hydroxylation is 1. The summed E-state index contributed by atoms with van der Waals surface area (Å²) in [5, 5.41) is 7.95. The fraction of sp³-hybridized carbons (Fsp3) is 0.143. The summed E-state index contributed by atoms with van der Waals surface area (Å²) in [4.78, 5) is 33.5. The van der Waals surface area contributed by atoms with Crippen LogP contribution < -0.4 is 10.6 Å². The molecule has 0 saturated heterocycles. The maximum Gasteiger partial charge on any atom is 0.275 e. The van der Waals surface area contributed by atoms with Crippen molar-refractivity contribution < 1.29 is 9.59 Å². The van der Waals surface area contributed by atoms with Crippen molar-refractivity contribution in [2.45, 2.75) is 12.8 Å². The van der Waals surface area contributed by atoms with Crippen molar-refractivity contribution in [2.24, 2.45) is 7.05 Å². The van der Waals surface area contributed by atoms with Crippen LogP contribution in [0, 0.1) is 0 Å². The number of amides is 2. The molecule has 0 spiro atoms. The third-order valence-corrected chi connectivity index (χ3v) is 5.60. The molecule has 0 saturated carbocycles. The first-order chi connectivity index (χ1) is 14.4. The number of anilines is 2. The first kappa shape index (κ1) is 20.1. The summed E-state index contributed by atoms with van der Waals surface area (Å²) < 4.78 is 1.80. The van der Waals surface area contributed by atoms with E-state index < -0.39 is 5.92 Å². The zero-order valence-electron chi connectivity index (χ0n) is 16.2. The van der Waals surface area contributed by atoms with Gasteiger partial charge < -0.3 is 9.88 Å². The van der Waals surface area contributed by atoms with Gasteiger partial charge in [-0.1, -0.05) is 23.7 Å². The molecule has 0 aliphatic heterocycles. The van der Waals surface area contributed by atoms with E-state index in [0.29, 0.717) is 27.9 Å². The van der Waals surface area contributed by atoms with Crippen molar-refractivity contribution >= 4 is 57.4 Å². The lowest BCUT2D eigenvalue weighted by atomic mass is 10.0. The Kier molecular flexibility index (Phi) is 5.52. The molecule has 2 heterocycles. The number of carbonyl (C=O) groups excluding carboxylic acids is 2. The smallest absolute Gasteiger partial charge is 0.275 e. The Hall–Kier alpha value is -3.23. The lowest BCUT2D eigenvalue weighted by Crippen LogP contribution is -2.20. The predicted octanol–water partition coefficient (Wildman–Crippen LogP) is 4.68. The van der Waals surface area contributed by atoms with Crippen LogP contribution in [0.5, 0.6) is 0 Å². The number of nitrogens with zero attached hydrogens (tertiary/aromatic N) is 3. The molecule has 4 rings (SSSR count). The van der Waals surface area contributed by atoms with E-state index in [1.54, 1.807) is 39.7 Å². The summed E-state index contributed by atoms with van der Waals surface area (Å²) in [5.41, 5.74) is 4.88. The van der Waals surface area contributed by atoms with Crippen molar-refractivity contribution in [3.63, 3.8) is 0 Å². The molecule has 2 amide bonds. The van der Waals surface area contributed by atoms with E-state index in [1.165, 1.54) is 11.3 Å². The van der Waals surface area contributed by atoms with Gasteiger partial charge in [-0.2, -0.15) is 0 Å². The second-order valence-electron chi connectivity index (χ2n) is 6.79. The number of benzene rings is 2. The molecule has 2 aromatic heterocycles. The minimum atomic E-state index is -0.392. The number of nitrogens with one attached hydrogen (secondary N) is 2. The molecule has 0 aliphatic carbocycles. The average Bonchev–Trinajstić information content (AvgIpc) is 3.36. The summed E-state index contributed by atoms with van der Waals surface area (Å²) in [6.07, 6.45) is 0. The standard InChI is InChI=1S/C21H18ClN5O2S/c1-12(13-4-3-5-14(22)8-13)19(28)26-21-25-16-9-15(6-7-18(16)27(21)2)24-20(29)17-10-30-11-23-17/h3-12H,1-2H3,(H,24,29)(H,25,26,28). The maximum absolute atomic E-state index is 12.7. The van der Waals surface area contributed by atoms with E-state index in [1.807, 2.05) is 32.2 Å². The molecule has 0 bridgehead atoms. The number of carbonyl (C=O) groups is 2. The fourth-order valence-corrected chi connectivity index (χ4v) is 3.79. The first-order valence-corrected chi connectivity index (χ1v) is 10.5. The number of fused-ring (bicyclic) bond motifs is 1. The van der Waals surface area contributed by atoms with E-state index in [2.05, 4.69) is 20.6 Å². The molecule has 7 nitrogen and oxygen atoms in total. The maximum atomic E-state index is 12.7. The second-order valence-corrected chi connectivity index (χ2v) is 7.95. The monoisotopic (exact) mass is 439 g/mol. The van der Waals surface area contributed by atoms with Gasteiger partial charge in [0.1, 0.15) is 5.69 Å². The summed E-state index contributed by atoms with van der Waals surface area (Å²) >= 11 is 7.39. The van der Waals surface area contributed by atoms with Crippen molar-refractivity contribution in [1.29, 1.82) is 0 Å². The highest BCUT2D eigenvalue weighted by molar-refractivity contribution is 7.07. The van der Waals surface area contributed by atoms with Gasteiger partial charge in [0.25, 0.3) is 5.91 Å². The van der Waals surface area contributed by atoms with Crippen molar-refractivity contribution in [1.82, 2.24) is 14.5 Å². The van der Waals surface area contributed by atoms with Crippen LogP contribution in [-0.4, -0.2) is 26.3 Å². The van der Waals surface area contributed by atoms with Gasteiger partial charge in [-0.15, -0.1) is 11.3 Å². The molecule has 4 aromatic rings. The third-order valence-electron chi connectivity index (χ3n) is 4.78. The lowest BCUT2D eigenvalue weighted by molar-refractivity contribution is -0.117. The molecule has 1 atom stereocenters. The number of rotatable bonds is 5. The van der Waals surface area contributed by atoms with E-state index in [0.717, 1.165) is 11.1 Å². The number of aromatic nitrogens is 3. The van der Waals surface area contributed by atoms with E-state index >= 15 is 0 Å². The van der Waals surface area contributed by atoms with E-state index in [9.17, 15) is 9.59 Å². The number of hydrogen-bond donors (Lipinski definition) is 2. The Morgan fingerprint density at radius 3 is 2.73 bits per heavy atom. The fourth-order valence-electron chi connectivity index (χ4n) is 3.05. The lowest BCUT2D eigenvalue weighted by Gasteiger charge is -2.12. The zero-order chi connectivity index (χ0) is 21.3. The number of imidazole rings is 1. The summed E-state index contributed by atoms with van der Waals surface area (Å²) in [6, 6.07) is 12.6. The highest BCUT2D eigenvalue weighted by atomic mass is 35.5. The Bertz CT molecular complexity index is 1240. The van der Waals surface area contributed by atoms with Crippen LogP contribution in [0.2, 0.25) is 5.02 Å². The van der Waals surface area contributed by atoms with Gasteiger partial charge >= 0.3 is 0 Å². The van der Waals surface area contributed by atoms with Gasteiger partial charge in [0.2, 0.25) is 11.9 Å². The molecule has 1 unspecified atom stereocenters. The summed E-state index contributed by atoms with van der Waals surface area (Å²) in [5.74, 6) is -0.438. The number of halogens is 1. The van der Waals surface area contributed by atoms with Gasteiger partial charge in [-0.25, -0.2) is 9.97 Å². The van der Waals surface area contributed by atoms with Gasteiger partial charge in [0.15, 0.2) is 0 Å². The molecule has 0 aliphatic rings. The zero-order valence-corrected chi connectivity index (χ0v) is 17.8. The van der Waals surface area contributed by atoms with Crippen LogP contribution >= 0.6 is 22.9 Å². The molecular weight excluding hydrogens is 422 g/mol. The molecular formula is C21H18ClN5O2S. The average molecular weight is 440 g/mol. The molecule has 0 fully saturated rings. The van der Waals surface area contributed by atoms with E-state index in [-0.39, 0.29) is 11.8 Å². The SMILES string of the molecule is CC(C(=O)Nc1nc2cc(NC(=O)c3cscn3)ccc2n1C)c1cccc(Cl)c1. The summed E-state index contributed by atoms with van der Waals surface area (Å²) in [7, 11) is 1.82. The van der Waals surface area contributed by atoms with Crippen molar-refractivity contribution in [3.05, 3.63) is 69.6 Å². The van der Waals surface area contributed by atoms with Gasteiger partial charge in [0.05, 0.1) is 22.5 Å². The number of hydrogen-bond acceptors (Lipinski definition) is 5. The Morgan fingerprint density at radius 2 is 2.00 bits per heavy atom. The predicted molar refractivity (Wildman–Crippen MR) is 119 cm³/mol. The van der Waals surface area contributed by atoms with Crippen LogP contribution in [0.15, 0.2) is 53.4 Å². The minimum absolute atomic E-state index is 0.187. The highest BCUT2D eigenvalue weighted by Gasteiger charge is 2.19. The molecule has 30 heavy (non-hydrogen) atoms. The van der Waals surface area contributed by atoms with Crippen LogP contribution in [-0.2, 0) is 11.8 Å². The quantitative estimate of drug-likeness (QED) is 0.472. The van der Waals surface area contributed by atoms with Crippen molar-refractivity contribution in [2.75, 3.05) is 10.6 Å². The largest absolute Gasteiger partial charge is 0.321 e. The van der Waals surface area contributed by atoms with Gasteiger partial charge in [-0.3, -0.25) is 14.9 Å². The second kappa shape index (κ2) is 8.25. The Morgan fingerprint density at radius 1 is 1.17 bits per heavy atom. The molecule has 152 valence electrons. The number of thiazole rings is 1. The van der Waals surface area contributed by atoms with Crippen LogP contribution in [0.3, 0.4) is 0 Å². The van der Waals surface area contributed by atoms with Crippen LogP contribution in [0.25, 0.3) is 11.0 Å². The molecule has 9 heteroatoms. The van der Waals surface area contributed by atoms with Crippen molar-refractivity contribution in [3.8, 4) is 0 Å². The van der Waals surface area contributed by atoms with Gasteiger partial charge in [-0.05, 0) is 42.8 Å². The summed E-state index contributed by atoms with van der Waals surface area (Å²) in [6.45, 7) is 1.82. The Labute approximate surface area is 181 Å². The normalized spacial score (nSPS) is 12.0. The Balaban J connectivity index is 1.54. The first-order valence-electron chi connectivity index (χ1n) is 9.14. The topological polar surface area (TPSA) is 88.9 Å². The minimum Gasteiger partial charge on any atom is -0.321 e. The molecule has 0 radical (unpaired) electrons. The molecule has 2 aromatic carbocycles. The van der Waals surface area contributed by atoms with Crippen LogP contribution in [0.1, 0.15) is 28.9 Å². The molecule has 2 N–H and O–H groups in total. The van der Waals surface area contributed by atoms with Crippen LogP contribution in [0.4, 0.5) is 11.6 Å². The van der Waals surface area contributed by atoms with Gasteiger partial charge in [0, 0.05) is 23.1 Å². The third kappa shape index (κ3) is 4.05. The van der Waals surface area contributed by atoms with E-state index in [4.69, 9.17) is 11.6 Å².